The topological polar surface area (TPSA) is 79.3 Å². The number of carbonyl (C=O) groups excluding carboxylic acids is 2. The number of carbonyl (C=O) groups is 2. The van der Waals surface area contributed by atoms with Crippen molar-refractivity contribution in [1.82, 2.24) is 9.80 Å². The molecule has 206 valence electrons. The van der Waals surface area contributed by atoms with Gasteiger partial charge in [-0.3, -0.25) is 9.59 Å². The van der Waals surface area contributed by atoms with Gasteiger partial charge in [-0.1, -0.05) is 46.8 Å². The summed E-state index contributed by atoms with van der Waals surface area (Å²) in [6.07, 6.45) is 0.691. The van der Waals surface area contributed by atoms with E-state index >= 15 is 0 Å². The van der Waals surface area contributed by atoms with E-state index in [-0.39, 0.29) is 16.7 Å². The molecular formula is C31H42N2O5. The fourth-order valence-electron chi connectivity index (χ4n) is 4.65. The average molecular weight is 523 g/mol. The van der Waals surface area contributed by atoms with Gasteiger partial charge in [0.2, 0.25) is 0 Å². The first-order valence-corrected chi connectivity index (χ1v) is 13.2. The van der Waals surface area contributed by atoms with Crippen molar-refractivity contribution in [2.24, 2.45) is 5.92 Å². The second-order valence-electron chi connectivity index (χ2n) is 11.6. The second-order valence-corrected chi connectivity index (χ2v) is 11.6. The number of benzene rings is 2. The smallest absolute Gasteiger partial charge is 0.295 e. The first-order valence-electron chi connectivity index (χ1n) is 13.2. The van der Waals surface area contributed by atoms with E-state index < -0.39 is 17.7 Å². The number of ketones is 1. The van der Waals surface area contributed by atoms with Gasteiger partial charge < -0.3 is 24.4 Å². The Morgan fingerprint density at radius 2 is 1.82 bits per heavy atom. The molecule has 1 atom stereocenters. The van der Waals surface area contributed by atoms with Crippen LogP contribution in [-0.2, 0) is 15.0 Å². The molecule has 1 unspecified atom stereocenters. The predicted molar refractivity (Wildman–Crippen MR) is 151 cm³/mol. The van der Waals surface area contributed by atoms with Crippen molar-refractivity contribution in [3.63, 3.8) is 0 Å². The molecule has 1 aliphatic rings. The summed E-state index contributed by atoms with van der Waals surface area (Å²) >= 11 is 0. The van der Waals surface area contributed by atoms with Crippen LogP contribution in [0.25, 0.3) is 5.76 Å². The Morgan fingerprint density at radius 1 is 1.11 bits per heavy atom. The number of hydrogen-bond acceptors (Lipinski definition) is 6. The molecule has 7 heteroatoms. The van der Waals surface area contributed by atoms with Crippen LogP contribution in [-0.4, -0.2) is 67.5 Å². The lowest BCUT2D eigenvalue weighted by Crippen LogP contribution is -2.32. The molecule has 3 rings (SSSR count). The lowest BCUT2D eigenvalue weighted by molar-refractivity contribution is -0.139. The number of likely N-dealkylation sites (tertiary alicyclic amines) is 1. The molecule has 7 nitrogen and oxygen atoms in total. The van der Waals surface area contributed by atoms with Crippen LogP contribution < -0.4 is 9.47 Å². The standard InChI is InChI=1S/C31H42N2O5/c1-20(2)19-38-23-12-9-11-21(17-23)27-26(29(35)30(36)33(27)16-10-15-32(6)7)28(34)22-13-14-25(37-8)24(18-22)31(3,4)5/h9,11-14,17-18,20,27,34H,10,15-16,19H2,1-8H3/b28-26+. The summed E-state index contributed by atoms with van der Waals surface area (Å²) in [5, 5.41) is 11.6. The van der Waals surface area contributed by atoms with Crippen molar-refractivity contribution >= 4 is 17.4 Å². The fourth-order valence-corrected chi connectivity index (χ4v) is 4.65. The van der Waals surface area contributed by atoms with E-state index in [9.17, 15) is 14.7 Å². The highest BCUT2D eigenvalue weighted by Gasteiger charge is 2.46. The number of Topliss-reactive ketones (excluding diaryl/α,β-unsaturated/α-hetero) is 1. The maximum absolute atomic E-state index is 13.4. The highest BCUT2D eigenvalue weighted by Crippen LogP contribution is 2.41. The molecule has 2 aromatic rings. The molecule has 38 heavy (non-hydrogen) atoms. The highest BCUT2D eigenvalue weighted by molar-refractivity contribution is 6.46. The van der Waals surface area contributed by atoms with Gasteiger partial charge in [-0.15, -0.1) is 0 Å². The molecule has 1 fully saturated rings. The Labute approximate surface area is 227 Å². The van der Waals surface area contributed by atoms with Gasteiger partial charge in [0.25, 0.3) is 11.7 Å². The number of methoxy groups -OCH3 is 1. The minimum atomic E-state index is -0.722. The minimum Gasteiger partial charge on any atom is -0.507 e. The van der Waals surface area contributed by atoms with Crippen LogP contribution in [0, 0.1) is 5.92 Å². The molecule has 1 saturated heterocycles. The molecular weight excluding hydrogens is 480 g/mol. The zero-order valence-corrected chi connectivity index (χ0v) is 24.0. The van der Waals surface area contributed by atoms with E-state index in [0.29, 0.717) is 42.6 Å². The average Bonchev–Trinajstić information content (AvgIpc) is 3.11. The van der Waals surface area contributed by atoms with E-state index in [1.807, 2.05) is 49.3 Å². The maximum atomic E-state index is 13.4. The van der Waals surface area contributed by atoms with Gasteiger partial charge in [-0.2, -0.15) is 0 Å². The number of ether oxygens (including phenoxy) is 2. The summed E-state index contributed by atoms with van der Waals surface area (Å²) in [6.45, 7) is 12.0. The molecule has 0 spiro atoms. The van der Waals surface area contributed by atoms with Crippen molar-refractivity contribution in [3.05, 3.63) is 64.7 Å². The first-order chi connectivity index (χ1) is 17.8. The molecule has 0 saturated carbocycles. The number of aliphatic hydroxyl groups is 1. The minimum absolute atomic E-state index is 0.0888. The van der Waals surface area contributed by atoms with E-state index in [4.69, 9.17) is 9.47 Å². The Kier molecular flexibility index (Phi) is 9.26. The van der Waals surface area contributed by atoms with Crippen LogP contribution in [0.3, 0.4) is 0 Å². The molecule has 0 aromatic heterocycles. The highest BCUT2D eigenvalue weighted by atomic mass is 16.5. The van der Waals surface area contributed by atoms with Gasteiger partial charge in [-0.05, 0) is 74.3 Å². The van der Waals surface area contributed by atoms with E-state index in [0.717, 1.165) is 17.7 Å². The van der Waals surface area contributed by atoms with Crippen molar-refractivity contribution in [2.75, 3.05) is 40.9 Å². The number of hydrogen-bond donors (Lipinski definition) is 1. The fraction of sp³-hybridized carbons (Fsp3) is 0.484. The largest absolute Gasteiger partial charge is 0.507 e. The Hall–Kier alpha value is -3.32. The van der Waals surface area contributed by atoms with Gasteiger partial charge in [0.15, 0.2) is 0 Å². The lowest BCUT2D eigenvalue weighted by atomic mass is 9.84. The molecule has 1 heterocycles. The summed E-state index contributed by atoms with van der Waals surface area (Å²) in [7, 11) is 5.55. The number of nitrogens with zero attached hydrogens (tertiary/aromatic N) is 2. The predicted octanol–water partition coefficient (Wildman–Crippen LogP) is 5.40. The van der Waals surface area contributed by atoms with Crippen molar-refractivity contribution < 1.29 is 24.2 Å². The Balaban J connectivity index is 2.15. The SMILES string of the molecule is COc1ccc(/C(O)=C2\C(=O)C(=O)N(CCCN(C)C)C2c2cccc(OCC(C)C)c2)cc1C(C)(C)C. The van der Waals surface area contributed by atoms with E-state index in [1.165, 1.54) is 0 Å². The third-order valence-electron chi connectivity index (χ3n) is 6.58. The summed E-state index contributed by atoms with van der Waals surface area (Å²) in [4.78, 5) is 30.4. The van der Waals surface area contributed by atoms with Gasteiger partial charge in [0.05, 0.1) is 25.3 Å². The van der Waals surface area contributed by atoms with Gasteiger partial charge >= 0.3 is 0 Å². The van der Waals surface area contributed by atoms with Crippen LogP contribution in [0.15, 0.2) is 48.0 Å². The molecule has 1 amide bonds. The van der Waals surface area contributed by atoms with Gasteiger partial charge in [0.1, 0.15) is 17.3 Å². The summed E-state index contributed by atoms with van der Waals surface area (Å²) in [5.74, 6) is 0.235. The Morgan fingerprint density at radius 3 is 2.42 bits per heavy atom. The van der Waals surface area contributed by atoms with Crippen LogP contribution in [0.1, 0.15) is 63.8 Å². The molecule has 1 aliphatic heterocycles. The number of rotatable bonds is 10. The third-order valence-corrected chi connectivity index (χ3v) is 6.58. The normalized spacial score (nSPS) is 17.5. The van der Waals surface area contributed by atoms with Crippen molar-refractivity contribution in [2.45, 2.75) is 52.5 Å². The van der Waals surface area contributed by atoms with Crippen LogP contribution >= 0.6 is 0 Å². The van der Waals surface area contributed by atoms with E-state index in [2.05, 4.69) is 34.6 Å². The van der Waals surface area contributed by atoms with Crippen LogP contribution in [0.5, 0.6) is 11.5 Å². The number of aliphatic hydroxyl groups excluding tert-OH is 1. The van der Waals surface area contributed by atoms with Gasteiger partial charge in [-0.25, -0.2) is 0 Å². The molecule has 2 aromatic carbocycles. The quantitative estimate of drug-likeness (QED) is 0.256. The van der Waals surface area contributed by atoms with E-state index in [1.54, 1.807) is 24.1 Å². The summed E-state index contributed by atoms with van der Waals surface area (Å²) in [6, 6.07) is 12.1. The second kappa shape index (κ2) is 12.0. The third kappa shape index (κ3) is 6.57. The molecule has 1 N–H and O–H groups in total. The summed E-state index contributed by atoms with van der Waals surface area (Å²) < 4.78 is 11.5. The summed E-state index contributed by atoms with van der Waals surface area (Å²) in [5.41, 5.74) is 1.91. The lowest BCUT2D eigenvalue weighted by Gasteiger charge is -2.26. The zero-order valence-electron chi connectivity index (χ0n) is 24.0. The van der Waals surface area contributed by atoms with Crippen LogP contribution in [0.4, 0.5) is 0 Å². The van der Waals surface area contributed by atoms with Gasteiger partial charge in [0, 0.05) is 17.7 Å². The zero-order chi connectivity index (χ0) is 28.2. The Bertz CT molecular complexity index is 1190. The molecule has 0 bridgehead atoms. The monoisotopic (exact) mass is 522 g/mol. The molecule has 0 aliphatic carbocycles. The number of amides is 1. The van der Waals surface area contributed by atoms with Crippen molar-refractivity contribution in [3.8, 4) is 11.5 Å². The first kappa shape index (κ1) is 29.2. The molecule has 0 radical (unpaired) electrons. The maximum Gasteiger partial charge on any atom is 0.295 e. The van der Waals surface area contributed by atoms with Crippen molar-refractivity contribution in [1.29, 1.82) is 0 Å². The van der Waals surface area contributed by atoms with Crippen LogP contribution in [0.2, 0.25) is 0 Å².